The van der Waals surface area contributed by atoms with Crippen LogP contribution in [0.4, 0.5) is 0 Å². The summed E-state index contributed by atoms with van der Waals surface area (Å²) in [5, 5.41) is 3.97. The van der Waals surface area contributed by atoms with Gasteiger partial charge in [0.1, 0.15) is 6.54 Å². The molecule has 2 atom stereocenters. The Kier molecular flexibility index (Phi) is 6.01. The first-order valence-electron chi connectivity index (χ1n) is 9.65. The molecule has 0 unspecified atom stereocenters. The molecule has 1 aliphatic heterocycles. The van der Waals surface area contributed by atoms with Crippen molar-refractivity contribution in [2.75, 3.05) is 6.54 Å². The third-order valence-corrected chi connectivity index (χ3v) is 7.18. The molecule has 2 aromatic rings. The summed E-state index contributed by atoms with van der Waals surface area (Å²) in [5.41, 5.74) is 1.15. The van der Waals surface area contributed by atoms with Gasteiger partial charge in [-0.1, -0.05) is 40.9 Å². The number of ketones is 1. The van der Waals surface area contributed by atoms with Gasteiger partial charge in [-0.2, -0.15) is 5.01 Å². The zero-order valence-electron chi connectivity index (χ0n) is 16.5. The normalized spacial score (nSPS) is 20.5. The number of rotatable bonds is 5. The van der Waals surface area contributed by atoms with Gasteiger partial charge in [-0.25, -0.2) is 5.01 Å². The molecule has 0 radical (unpaired) electrons. The summed E-state index contributed by atoms with van der Waals surface area (Å²) in [6.07, 6.45) is 2.84. The van der Waals surface area contributed by atoms with Crippen LogP contribution in [0, 0.1) is 11.8 Å². The second-order valence-corrected chi connectivity index (χ2v) is 9.35. The van der Waals surface area contributed by atoms with Crippen LogP contribution in [0.5, 0.6) is 0 Å². The molecule has 2 aliphatic rings. The van der Waals surface area contributed by atoms with E-state index in [1.165, 1.54) is 29.5 Å². The van der Waals surface area contributed by atoms with Crippen molar-refractivity contribution in [1.82, 2.24) is 10.0 Å². The zero-order valence-corrected chi connectivity index (χ0v) is 18.8. The van der Waals surface area contributed by atoms with Gasteiger partial charge in [0, 0.05) is 5.56 Å². The van der Waals surface area contributed by atoms with Crippen LogP contribution < -0.4 is 0 Å². The van der Waals surface area contributed by atoms with Gasteiger partial charge < -0.3 is 0 Å². The molecule has 3 amide bonds. The molecule has 0 N–H and O–H groups in total. The molecule has 31 heavy (non-hydrogen) atoms. The number of thiophene rings is 1. The molecule has 2 heterocycles. The van der Waals surface area contributed by atoms with Crippen molar-refractivity contribution in [3.05, 3.63) is 67.8 Å². The van der Waals surface area contributed by atoms with Crippen molar-refractivity contribution in [3.8, 4) is 0 Å². The van der Waals surface area contributed by atoms with Crippen LogP contribution in [-0.4, -0.2) is 40.1 Å². The summed E-state index contributed by atoms with van der Waals surface area (Å²) in [4.78, 5) is 53.0. The lowest BCUT2D eigenvalue weighted by Crippen LogP contribution is -2.52. The lowest BCUT2D eigenvalue weighted by Gasteiger charge is -2.30. The number of carbonyl (C=O) groups is 4. The third-order valence-electron chi connectivity index (χ3n) is 5.53. The highest BCUT2D eigenvalue weighted by Gasteiger charge is 2.51. The van der Waals surface area contributed by atoms with Crippen molar-refractivity contribution in [3.63, 3.8) is 0 Å². The first-order valence-corrected chi connectivity index (χ1v) is 11.3. The minimum Gasteiger partial charge on any atom is -0.291 e. The molecule has 1 fully saturated rings. The number of fused-ring (bicyclic) bond motifs is 1. The van der Waals surface area contributed by atoms with Crippen molar-refractivity contribution in [2.45, 2.75) is 19.8 Å². The summed E-state index contributed by atoms with van der Waals surface area (Å²) in [6, 6.07) is 7.62. The number of carbonyl (C=O) groups excluding carboxylic acids is 4. The minimum atomic E-state index is -0.673. The number of hydrogen-bond donors (Lipinski definition) is 0. The van der Waals surface area contributed by atoms with Crippen molar-refractivity contribution < 1.29 is 19.2 Å². The molecule has 0 bridgehead atoms. The Bertz CT molecular complexity index is 1110. The summed E-state index contributed by atoms with van der Waals surface area (Å²) in [6.45, 7) is 1.47. The Balaban J connectivity index is 1.70. The maximum Gasteiger partial charge on any atom is 0.273 e. The van der Waals surface area contributed by atoms with Crippen molar-refractivity contribution in [1.29, 1.82) is 0 Å². The van der Waals surface area contributed by atoms with E-state index in [2.05, 4.69) is 0 Å². The van der Waals surface area contributed by atoms with E-state index in [1.807, 2.05) is 13.0 Å². The maximum absolute atomic E-state index is 13.4. The minimum absolute atomic E-state index is 0.123. The van der Waals surface area contributed by atoms with Crippen LogP contribution >= 0.6 is 34.5 Å². The second kappa shape index (κ2) is 8.57. The highest BCUT2D eigenvalue weighted by atomic mass is 35.5. The zero-order chi connectivity index (χ0) is 22.3. The number of imide groups is 1. The van der Waals surface area contributed by atoms with Gasteiger partial charge >= 0.3 is 0 Å². The maximum atomic E-state index is 13.4. The van der Waals surface area contributed by atoms with E-state index < -0.39 is 36.1 Å². The largest absolute Gasteiger partial charge is 0.291 e. The fourth-order valence-electron chi connectivity index (χ4n) is 3.92. The average Bonchev–Trinajstić information content (AvgIpc) is 3.36. The Morgan fingerprint density at radius 2 is 1.87 bits per heavy atom. The number of halogens is 2. The first-order chi connectivity index (χ1) is 14.8. The van der Waals surface area contributed by atoms with Crippen LogP contribution in [0.25, 0.3) is 0 Å². The SMILES string of the molecule is CC1=CC[C@H]2C(=O)N(N(CC(=O)c3cccs3)C(=O)c3ccc(Cl)c(Cl)c3)C(=O)[C@@H]2C1. The van der Waals surface area contributed by atoms with E-state index >= 15 is 0 Å². The topological polar surface area (TPSA) is 74.8 Å². The third kappa shape index (κ3) is 4.05. The molecule has 1 aromatic heterocycles. The van der Waals surface area contributed by atoms with Crippen LogP contribution in [0.3, 0.4) is 0 Å². The summed E-state index contributed by atoms with van der Waals surface area (Å²) in [7, 11) is 0. The monoisotopic (exact) mass is 476 g/mol. The van der Waals surface area contributed by atoms with Crippen LogP contribution in [0.15, 0.2) is 47.4 Å². The van der Waals surface area contributed by atoms with Gasteiger partial charge in [0.2, 0.25) is 0 Å². The number of Topliss-reactive ketones (excluding diaryl/α,β-unsaturated/α-hetero) is 1. The molecule has 0 spiro atoms. The van der Waals surface area contributed by atoms with Gasteiger partial charge in [-0.15, -0.1) is 11.3 Å². The van der Waals surface area contributed by atoms with E-state index in [9.17, 15) is 19.2 Å². The Morgan fingerprint density at radius 1 is 1.13 bits per heavy atom. The molecular formula is C22H18Cl2N2O4S. The number of hydrazine groups is 1. The molecule has 1 aliphatic carbocycles. The molecule has 160 valence electrons. The highest BCUT2D eigenvalue weighted by molar-refractivity contribution is 7.12. The lowest BCUT2D eigenvalue weighted by atomic mass is 9.82. The Hall–Kier alpha value is -2.48. The predicted molar refractivity (Wildman–Crippen MR) is 118 cm³/mol. The summed E-state index contributed by atoms with van der Waals surface area (Å²) in [5.74, 6) is -3.03. The number of benzene rings is 1. The predicted octanol–water partition coefficient (Wildman–Crippen LogP) is 4.64. The molecule has 6 nitrogen and oxygen atoms in total. The van der Waals surface area contributed by atoms with Crippen LogP contribution in [0.1, 0.15) is 39.8 Å². The standard InChI is InChI=1S/C22H18Cl2N2O4S/c1-12-4-6-14-15(9-12)22(30)26(21(14)29)25(11-18(27)19-3-2-8-31-19)20(28)13-5-7-16(23)17(24)10-13/h2-5,7-8,10,14-15H,6,9,11H2,1H3/t14-,15-/m1/s1. The Morgan fingerprint density at radius 3 is 2.55 bits per heavy atom. The van der Waals surface area contributed by atoms with Gasteiger partial charge in [-0.3, -0.25) is 19.2 Å². The van der Waals surface area contributed by atoms with Gasteiger partial charge in [0.15, 0.2) is 5.78 Å². The van der Waals surface area contributed by atoms with Gasteiger partial charge in [0.25, 0.3) is 17.7 Å². The van der Waals surface area contributed by atoms with Crippen LogP contribution in [0.2, 0.25) is 10.0 Å². The molecule has 1 saturated heterocycles. The molecule has 1 aromatic carbocycles. The van der Waals surface area contributed by atoms with E-state index in [-0.39, 0.29) is 21.4 Å². The second-order valence-electron chi connectivity index (χ2n) is 7.58. The molecule has 4 rings (SSSR count). The van der Waals surface area contributed by atoms with Crippen molar-refractivity contribution >= 4 is 58.0 Å². The van der Waals surface area contributed by atoms with Crippen LogP contribution in [-0.2, 0) is 9.59 Å². The van der Waals surface area contributed by atoms with Gasteiger partial charge in [0.05, 0.1) is 26.8 Å². The van der Waals surface area contributed by atoms with Gasteiger partial charge in [-0.05, 0) is 49.4 Å². The number of nitrogens with zero attached hydrogens (tertiary/aromatic N) is 2. The smallest absolute Gasteiger partial charge is 0.273 e. The number of hydrogen-bond acceptors (Lipinski definition) is 5. The van der Waals surface area contributed by atoms with E-state index in [1.54, 1.807) is 17.5 Å². The summed E-state index contributed by atoms with van der Waals surface area (Å²) >= 11 is 13.2. The highest BCUT2D eigenvalue weighted by Crippen LogP contribution is 2.38. The number of allylic oxidation sites excluding steroid dienone is 2. The Labute approximate surface area is 193 Å². The molecule has 9 heteroatoms. The molecular weight excluding hydrogens is 459 g/mol. The van der Waals surface area contributed by atoms with E-state index in [0.29, 0.717) is 17.7 Å². The summed E-state index contributed by atoms with van der Waals surface area (Å²) < 4.78 is 0. The number of amides is 3. The fourth-order valence-corrected chi connectivity index (χ4v) is 4.88. The quantitative estimate of drug-likeness (QED) is 0.358. The first kappa shape index (κ1) is 21.7. The van der Waals surface area contributed by atoms with E-state index in [4.69, 9.17) is 23.2 Å². The average molecular weight is 477 g/mol. The molecule has 0 saturated carbocycles. The fraction of sp³-hybridized carbons (Fsp3) is 0.273. The lowest BCUT2D eigenvalue weighted by molar-refractivity contribution is -0.154. The van der Waals surface area contributed by atoms with Crippen molar-refractivity contribution in [2.24, 2.45) is 11.8 Å². The van der Waals surface area contributed by atoms with E-state index in [0.717, 1.165) is 15.6 Å².